The van der Waals surface area contributed by atoms with Crippen molar-refractivity contribution in [1.82, 2.24) is 14.5 Å². The Morgan fingerprint density at radius 3 is 2.82 bits per heavy atom. The molecule has 0 amide bonds. The standard InChI is InChI=1S/C15H13BrN4O2/c1-17-15-18-8-9-7-10(16)14(21)20(13(9)19-15)11-5-3-4-6-12(11)22-2/h3-8H,1-2H3,(H,17,18,19). The Bertz CT molecular complexity index is 908. The van der Waals surface area contributed by atoms with Crippen LogP contribution in [0.4, 0.5) is 5.95 Å². The summed E-state index contributed by atoms with van der Waals surface area (Å²) in [6, 6.07) is 9.02. The molecule has 0 unspecified atom stereocenters. The Labute approximate surface area is 134 Å². The van der Waals surface area contributed by atoms with Crippen molar-refractivity contribution in [1.29, 1.82) is 0 Å². The number of hydrogen-bond acceptors (Lipinski definition) is 5. The van der Waals surface area contributed by atoms with Crippen molar-refractivity contribution in [3.05, 3.63) is 51.4 Å². The lowest BCUT2D eigenvalue weighted by Gasteiger charge is -2.14. The first-order valence-electron chi connectivity index (χ1n) is 6.55. The molecule has 0 radical (unpaired) electrons. The smallest absolute Gasteiger partial charge is 0.271 e. The van der Waals surface area contributed by atoms with Gasteiger partial charge in [-0.1, -0.05) is 12.1 Å². The number of fused-ring (bicyclic) bond motifs is 1. The van der Waals surface area contributed by atoms with Crippen LogP contribution in [0.1, 0.15) is 0 Å². The minimum absolute atomic E-state index is 0.210. The van der Waals surface area contributed by atoms with Crippen molar-refractivity contribution in [2.24, 2.45) is 0 Å². The number of anilines is 1. The molecule has 0 bridgehead atoms. The molecule has 0 saturated carbocycles. The quantitative estimate of drug-likeness (QED) is 0.777. The molecule has 0 aliphatic heterocycles. The van der Waals surface area contributed by atoms with E-state index in [4.69, 9.17) is 4.74 Å². The first-order chi connectivity index (χ1) is 10.7. The number of methoxy groups -OCH3 is 1. The van der Waals surface area contributed by atoms with Crippen molar-refractivity contribution in [2.45, 2.75) is 0 Å². The summed E-state index contributed by atoms with van der Waals surface area (Å²) in [6.07, 6.45) is 1.67. The van der Waals surface area contributed by atoms with Gasteiger partial charge in [-0.25, -0.2) is 4.98 Å². The van der Waals surface area contributed by atoms with E-state index in [9.17, 15) is 4.79 Å². The summed E-state index contributed by atoms with van der Waals surface area (Å²) in [5.41, 5.74) is 0.928. The third kappa shape index (κ3) is 2.33. The number of nitrogens with zero attached hydrogens (tertiary/aromatic N) is 3. The highest BCUT2D eigenvalue weighted by atomic mass is 79.9. The second-order valence-corrected chi connectivity index (χ2v) is 5.38. The van der Waals surface area contributed by atoms with Crippen LogP contribution < -0.4 is 15.6 Å². The van der Waals surface area contributed by atoms with Crippen molar-refractivity contribution < 1.29 is 4.74 Å². The molecule has 2 aromatic heterocycles. The van der Waals surface area contributed by atoms with Gasteiger partial charge in [0.2, 0.25) is 5.95 Å². The number of pyridine rings is 1. The van der Waals surface area contributed by atoms with E-state index in [0.29, 0.717) is 27.5 Å². The van der Waals surface area contributed by atoms with E-state index in [1.807, 2.05) is 18.2 Å². The van der Waals surface area contributed by atoms with Gasteiger partial charge in [-0.2, -0.15) is 4.98 Å². The van der Waals surface area contributed by atoms with E-state index in [1.54, 1.807) is 32.5 Å². The summed E-state index contributed by atoms with van der Waals surface area (Å²) in [4.78, 5) is 21.2. The van der Waals surface area contributed by atoms with Crippen LogP contribution in [-0.4, -0.2) is 28.7 Å². The summed E-state index contributed by atoms with van der Waals surface area (Å²) >= 11 is 3.30. The average Bonchev–Trinajstić information content (AvgIpc) is 2.56. The van der Waals surface area contributed by atoms with Gasteiger partial charge in [-0.3, -0.25) is 9.36 Å². The minimum atomic E-state index is -0.210. The van der Waals surface area contributed by atoms with Gasteiger partial charge in [0, 0.05) is 18.6 Å². The lowest BCUT2D eigenvalue weighted by atomic mass is 10.2. The molecule has 1 aromatic carbocycles. The van der Waals surface area contributed by atoms with Crippen molar-refractivity contribution in [2.75, 3.05) is 19.5 Å². The van der Waals surface area contributed by atoms with Crippen LogP contribution in [0.25, 0.3) is 16.7 Å². The van der Waals surface area contributed by atoms with Crippen molar-refractivity contribution in [3.8, 4) is 11.4 Å². The van der Waals surface area contributed by atoms with Crippen molar-refractivity contribution >= 4 is 32.9 Å². The molecule has 6 nitrogen and oxygen atoms in total. The molecule has 7 heteroatoms. The number of benzene rings is 1. The molecule has 3 aromatic rings. The zero-order chi connectivity index (χ0) is 15.7. The number of ether oxygens (including phenoxy) is 1. The summed E-state index contributed by atoms with van der Waals surface area (Å²) in [6.45, 7) is 0. The third-order valence-corrected chi connectivity index (χ3v) is 3.82. The highest BCUT2D eigenvalue weighted by Crippen LogP contribution is 2.25. The van der Waals surface area contributed by atoms with Gasteiger partial charge in [-0.15, -0.1) is 0 Å². The topological polar surface area (TPSA) is 69.0 Å². The van der Waals surface area contributed by atoms with E-state index in [0.717, 1.165) is 5.39 Å². The lowest BCUT2D eigenvalue weighted by Crippen LogP contribution is -2.21. The number of para-hydroxylation sites is 2. The van der Waals surface area contributed by atoms with Gasteiger partial charge in [-0.05, 0) is 34.1 Å². The maximum absolute atomic E-state index is 12.6. The van der Waals surface area contributed by atoms with Gasteiger partial charge in [0.25, 0.3) is 5.56 Å². The predicted molar refractivity (Wildman–Crippen MR) is 88.9 cm³/mol. The van der Waals surface area contributed by atoms with Crippen LogP contribution in [-0.2, 0) is 0 Å². The normalized spacial score (nSPS) is 10.7. The van der Waals surface area contributed by atoms with Crippen LogP contribution in [0.2, 0.25) is 0 Å². The van der Waals surface area contributed by atoms with Gasteiger partial charge < -0.3 is 10.1 Å². The Morgan fingerprint density at radius 2 is 2.09 bits per heavy atom. The largest absolute Gasteiger partial charge is 0.495 e. The van der Waals surface area contributed by atoms with E-state index in [2.05, 4.69) is 31.2 Å². The second kappa shape index (κ2) is 5.76. The fraction of sp³-hybridized carbons (Fsp3) is 0.133. The maximum atomic E-state index is 12.6. The maximum Gasteiger partial charge on any atom is 0.271 e. The van der Waals surface area contributed by atoms with E-state index in [1.165, 1.54) is 4.57 Å². The zero-order valence-corrected chi connectivity index (χ0v) is 13.6. The zero-order valence-electron chi connectivity index (χ0n) is 12.0. The molecule has 0 spiro atoms. The molecular weight excluding hydrogens is 348 g/mol. The second-order valence-electron chi connectivity index (χ2n) is 4.53. The SMILES string of the molecule is CNc1ncc2cc(Br)c(=O)n(-c3ccccc3OC)c2n1. The molecular formula is C15H13BrN4O2. The summed E-state index contributed by atoms with van der Waals surface area (Å²) in [5.74, 6) is 1.03. The highest BCUT2D eigenvalue weighted by molar-refractivity contribution is 9.10. The molecule has 112 valence electrons. The first-order valence-corrected chi connectivity index (χ1v) is 7.34. The molecule has 1 N–H and O–H groups in total. The Balaban J connectivity index is 2.45. The number of rotatable bonds is 3. The van der Waals surface area contributed by atoms with E-state index >= 15 is 0 Å². The van der Waals surface area contributed by atoms with Gasteiger partial charge in [0.1, 0.15) is 5.75 Å². The molecule has 0 saturated heterocycles. The summed E-state index contributed by atoms with van der Waals surface area (Å²) in [7, 11) is 3.30. The van der Waals surface area contributed by atoms with Gasteiger partial charge in [0.15, 0.2) is 5.65 Å². The monoisotopic (exact) mass is 360 g/mol. The van der Waals surface area contributed by atoms with Gasteiger partial charge in [0.05, 0.1) is 17.3 Å². The van der Waals surface area contributed by atoms with Crippen LogP contribution in [0.5, 0.6) is 5.75 Å². The Morgan fingerprint density at radius 1 is 1.32 bits per heavy atom. The summed E-state index contributed by atoms with van der Waals surface area (Å²) < 4.78 is 7.32. The minimum Gasteiger partial charge on any atom is -0.495 e. The van der Waals surface area contributed by atoms with Crippen LogP contribution in [0, 0.1) is 0 Å². The average molecular weight is 361 g/mol. The molecule has 2 heterocycles. The molecule has 0 fully saturated rings. The molecule has 0 aliphatic rings. The van der Waals surface area contributed by atoms with E-state index < -0.39 is 0 Å². The number of nitrogens with one attached hydrogen (secondary N) is 1. The first kappa shape index (κ1) is 14.5. The fourth-order valence-electron chi connectivity index (χ4n) is 2.22. The van der Waals surface area contributed by atoms with E-state index in [-0.39, 0.29) is 5.56 Å². The predicted octanol–water partition coefficient (Wildman–Crippen LogP) is 2.59. The fourth-order valence-corrected chi connectivity index (χ4v) is 2.65. The molecule has 0 atom stereocenters. The van der Waals surface area contributed by atoms with Crippen molar-refractivity contribution in [3.63, 3.8) is 0 Å². The summed E-state index contributed by atoms with van der Waals surface area (Å²) in [5, 5.41) is 3.63. The highest BCUT2D eigenvalue weighted by Gasteiger charge is 2.14. The Kier molecular flexibility index (Phi) is 3.81. The van der Waals surface area contributed by atoms with Crippen LogP contribution in [0.15, 0.2) is 45.8 Å². The van der Waals surface area contributed by atoms with Crippen LogP contribution >= 0.6 is 15.9 Å². The number of halogens is 1. The van der Waals surface area contributed by atoms with Gasteiger partial charge >= 0.3 is 0 Å². The number of hydrogen-bond donors (Lipinski definition) is 1. The molecule has 22 heavy (non-hydrogen) atoms. The lowest BCUT2D eigenvalue weighted by molar-refractivity contribution is 0.413. The molecule has 0 aliphatic carbocycles. The van der Waals surface area contributed by atoms with Crippen LogP contribution in [0.3, 0.4) is 0 Å². The Hall–Kier alpha value is -2.41. The molecule has 3 rings (SSSR count). The third-order valence-electron chi connectivity index (χ3n) is 3.25. The number of aromatic nitrogens is 3.